The number of likely N-dealkylation sites (N-methyl/N-ethyl adjacent to an activating group) is 1. The average molecular weight is 314 g/mol. The molecule has 124 valence electrons. The van der Waals surface area contributed by atoms with Gasteiger partial charge in [-0.1, -0.05) is 41.5 Å². The lowest BCUT2D eigenvalue weighted by atomic mass is 9.78. The molecule has 0 heterocycles. The highest BCUT2D eigenvalue weighted by atomic mass is 16.3. The predicted molar refractivity (Wildman–Crippen MR) is 93.2 cm³/mol. The summed E-state index contributed by atoms with van der Waals surface area (Å²) in [5, 5.41) is 22.3. The molecule has 0 aromatic heterocycles. The monoisotopic (exact) mass is 314 g/mol. The summed E-state index contributed by atoms with van der Waals surface area (Å²) in [6.45, 7) is 12.1. The van der Waals surface area contributed by atoms with Crippen LogP contribution in [0, 0.1) is 11.3 Å². The van der Waals surface area contributed by atoms with Crippen molar-refractivity contribution in [2.75, 3.05) is 7.05 Å². The van der Waals surface area contributed by atoms with E-state index < -0.39 is 5.91 Å². The van der Waals surface area contributed by atoms with Crippen molar-refractivity contribution < 1.29 is 9.90 Å². The second-order valence-electron chi connectivity index (χ2n) is 7.71. The Morgan fingerprint density at radius 2 is 1.57 bits per heavy atom. The first-order chi connectivity index (χ1) is 10.4. The predicted octanol–water partition coefficient (Wildman–Crippen LogP) is 3.64. The molecule has 0 spiro atoms. The maximum Gasteiger partial charge on any atom is 0.261 e. The van der Waals surface area contributed by atoms with Crippen LogP contribution in [-0.4, -0.2) is 18.1 Å². The number of phenols is 1. The first kappa shape index (κ1) is 18.8. The number of rotatable bonds is 2. The van der Waals surface area contributed by atoms with Gasteiger partial charge in [0.2, 0.25) is 0 Å². The van der Waals surface area contributed by atoms with Crippen molar-refractivity contribution in [1.82, 2.24) is 5.32 Å². The van der Waals surface area contributed by atoms with Crippen LogP contribution in [0.2, 0.25) is 0 Å². The molecule has 0 unspecified atom stereocenters. The van der Waals surface area contributed by atoms with Crippen LogP contribution in [0.15, 0.2) is 17.7 Å². The molecule has 0 aliphatic heterocycles. The lowest BCUT2D eigenvalue weighted by Crippen LogP contribution is -2.19. The van der Waals surface area contributed by atoms with E-state index in [1.165, 1.54) is 7.05 Å². The average Bonchev–Trinajstić information content (AvgIpc) is 2.42. The summed E-state index contributed by atoms with van der Waals surface area (Å²) in [6.07, 6.45) is 1.56. The van der Waals surface area contributed by atoms with Crippen molar-refractivity contribution in [3.8, 4) is 11.8 Å². The molecule has 0 radical (unpaired) electrons. The second kappa shape index (κ2) is 6.45. The molecular weight excluding hydrogens is 288 g/mol. The Labute approximate surface area is 138 Å². The molecule has 23 heavy (non-hydrogen) atoms. The summed E-state index contributed by atoms with van der Waals surface area (Å²) in [6, 6.07) is 5.60. The van der Waals surface area contributed by atoms with E-state index in [2.05, 4.69) is 5.32 Å². The van der Waals surface area contributed by atoms with Gasteiger partial charge in [-0.25, -0.2) is 0 Å². The van der Waals surface area contributed by atoms with Crippen LogP contribution in [0.25, 0.3) is 6.08 Å². The Morgan fingerprint density at radius 1 is 1.13 bits per heavy atom. The lowest BCUT2D eigenvalue weighted by Gasteiger charge is -2.28. The number of carbonyl (C=O) groups excluding carboxylic acids is 1. The lowest BCUT2D eigenvalue weighted by molar-refractivity contribution is -0.116. The minimum Gasteiger partial charge on any atom is -0.507 e. The standard InChI is InChI=1S/C19H26N2O2/c1-18(2,3)14-9-12(8-13(11-20)17(23)21-7)10-15(16(14)22)19(4,5)6/h8-10,22H,1-7H3,(H,21,23)/b13-8-. The Hall–Kier alpha value is -2.28. The van der Waals surface area contributed by atoms with Gasteiger partial charge < -0.3 is 10.4 Å². The van der Waals surface area contributed by atoms with Crippen molar-refractivity contribution in [3.05, 3.63) is 34.4 Å². The SMILES string of the molecule is CNC(=O)/C(C#N)=C\c1cc(C(C)(C)C)c(O)c(C(C)(C)C)c1. The molecule has 1 aromatic carbocycles. The van der Waals surface area contributed by atoms with E-state index in [0.29, 0.717) is 0 Å². The summed E-state index contributed by atoms with van der Waals surface area (Å²) in [4.78, 5) is 11.7. The van der Waals surface area contributed by atoms with E-state index >= 15 is 0 Å². The minimum absolute atomic E-state index is 0.0397. The van der Waals surface area contributed by atoms with Crippen molar-refractivity contribution in [3.63, 3.8) is 0 Å². The van der Waals surface area contributed by atoms with Crippen LogP contribution in [-0.2, 0) is 15.6 Å². The summed E-state index contributed by atoms with van der Waals surface area (Å²) in [5.41, 5.74) is 1.85. The third-order valence-corrected chi connectivity index (χ3v) is 3.65. The second-order valence-corrected chi connectivity index (χ2v) is 7.71. The van der Waals surface area contributed by atoms with Crippen LogP contribution in [0.1, 0.15) is 58.2 Å². The number of aromatic hydroxyl groups is 1. The van der Waals surface area contributed by atoms with Gasteiger partial charge in [-0.2, -0.15) is 5.26 Å². The number of benzene rings is 1. The molecule has 0 bridgehead atoms. The van der Waals surface area contributed by atoms with Gasteiger partial charge in [0.25, 0.3) is 5.91 Å². The van der Waals surface area contributed by atoms with Gasteiger partial charge >= 0.3 is 0 Å². The summed E-state index contributed by atoms with van der Waals surface area (Å²) < 4.78 is 0. The molecule has 4 nitrogen and oxygen atoms in total. The van der Waals surface area contributed by atoms with Gasteiger partial charge in [0.15, 0.2) is 0 Å². The largest absolute Gasteiger partial charge is 0.507 e. The maximum atomic E-state index is 11.7. The van der Waals surface area contributed by atoms with Gasteiger partial charge in [0.05, 0.1) is 0 Å². The van der Waals surface area contributed by atoms with E-state index in [9.17, 15) is 15.2 Å². The molecule has 0 aliphatic rings. The minimum atomic E-state index is -0.421. The fraction of sp³-hybridized carbons (Fsp3) is 0.474. The fourth-order valence-electron chi connectivity index (χ4n) is 2.33. The quantitative estimate of drug-likeness (QED) is 0.646. The van der Waals surface area contributed by atoms with Crippen LogP contribution < -0.4 is 5.32 Å². The Kier molecular flexibility index (Phi) is 5.27. The van der Waals surface area contributed by atoms with Crippen LogP contribution in [0.3, 0.4) is 0 Å². The topological polar surface area (TPSA) is 73.1 Å². The zero-order valence-electron chi connectivity index (χ0n) is 15.0. The summed E-state index contributed by atoms with van der Waals surface area (Å²) in [7, 11) is 1.49. The van der Waals surface area contributed by atoms with Crippen molar-refractivity contribution in [1.29, 1.82) is 5.26 Å². The molecule has 4 heteroatoms. The molecule has 1 aromatic rings. The van der Waals surface area contributed by atoms with Crippen LogP contribution in [0.5, 0.6) is 5.75 Å². The first-order valence-electron chi connectivity index (χ1n) is 7.63. The maximum absolute atomic E-state index is 11.7. The Balaban J connectivity index is 3.67. The molecule has 0 atom stereocenters. The van der Waals surface area contributed by atoms with Gasteiger partial charge in [-0.05, 0) is 34.6 Å². The smallest absolute Gasteiger partial charge is 0.261 e. The van der Waals surface area contributed by atoms with Gasteiger partial charge in [0, 0.05) is 18.2 Å². The molecule has 0 saturated heterocycles. The van der Waals surface area contributed by atoms with Crippen molar-refractivity contribution >= 4 is 12.0 Å². The molecular formula is C19H26N2O2. The van der Waals surface area contributed by atoms with Crippen molar-refractivity contribution in [2.24, 2.45) is 0 Å². The molecule has 2 N–H and O–H groups in total. The number of amides is 1. The third kappa shape index (κ3) is 4.35. The molecule has 1 rings (SSSR count). The molecule has 1 amide bonds. The summed E-state index contributed by atoms with van der Waals surface area (Å²) >= 11 is 0. The third-order valence-electron chi connectivity index (χ3n) is 3.65. The first-order valence-corrected chi connectivity index (χ1v) is 7.63. The zero-order valence-corrected chi connectivity index (χ0v) is 15.0. The normalized spacial score (nSPS) is 12.7. The van der Waals surface area contributed by atoms with Gasteiger partial charge in [0.1, 0.15) is 17.4 Å². The Bertz CT molecular complexity index is 646. The summed E-state index contributed by atoms with van der Waals surface area (Å²) in [5.74, 6) is -0.143. The number of phenolic OH excluding ortho intramolecular Hbond substituents is 1. The fourth-order valence-corrected chi connectivity index (χ4v) is 2.33. The van der Waals surface area contributed by atoms with Crippen LogP contribution in [0.4, 0.5) is 0 Å². The van der Waals surface area contributed by atoms with Crippen molar-refractivity contribution in [2.45, 2.75) is 52.4 Å². The van der Waals surface area contributed by atoms with E-state index in [-0.39, 0.29) is 22.2 Å². The highest BCUT2D eigenvalue weighted by Gasteiger charge is 2.26. The number of nitriles is 1. The molecule has 0 fully saturated rings. The number of nitrogens with one attached hydrogen (secondary N) is 1. The van der Waals surface area contributed by atoms with Gasteiger partial charge in [-0.3, -0.25) is 4.79 Å². The van der Waals surface area contributed by atoms with E-state index in [0.717, 1.165) is 16.7 Å². The highest BCUT2D eigenvalue weighted by Crippen LogP contribution is 2.40. The van der Waals surface area contributed by atoms with E-state index in [1.54, 1.807) is 6.08 Å². The zero-order chi connectivity index (χ0) is 18.0. The number of nitrogens with zero attached hydrogens (tertiary/aromatic N) is 1. The molecule has 0 aliphatic carbocycles. The Morgan fingerprint density at radius 3 is 1.87 bits per heavy atom. The van der Waals surface area contributed by atoms with Crippen LogP contribution >= 0.6 is 0 Å². The number of hydrogen-bond acceptors (Lipinski definition) is 3. The molecule has 0 saturated carbocycles. The van der Waals surface area contributed by atoms with Gasteiger partial charge in [-0.15, -0.1) is 0 Å². The number of hydrogen-bond donors (Lipinski definition) is 2. The number of carbonyl (C=O) groups is 1. The van der Waals surface area contributed by atoms with E-state index in [1.807, 2.05) is 59.7 Å². The highest BCUT2D eigenvalue weighted by molar-refractivity contribution is 6.01. The van der Waals surface area contributed by atoms with E-state index in [4.69, 9.17) is 0 Å².